The second-order valence-corrected chi connectivity index (χ2v) is 7.51. The number of nitrogens with one attached hydrogen (secondary N) is 3. The Hall–Kier alpha value is -4.41. The number of hydrogen-bond acceptors (Lipinski definition) is 8. The number of allylic oxidation sites excluding steroid dienone is 1. The molecule has 1 aromatic carbocycles. The molecule has 2 aromatic heterocycles. The molecule has 3 aromatic rings. The maximum atomic E-state index is 14.0. The molecular weight excluding hydrogens is 429 g/mol. The van der Waals surface area contributed by atoms with Crippen molar-refractivity contribution in [1.29, 1.82) is 5.41 Å². The molecule has 0 aliphatic carbocycles. The normalized spacial score (nSPS) is 11.7. The molecule has 0 fully saturated rings. The largest absolute Gasteiger partial charge is 0.379 e. The molecule has 11 heteroatoms. The Morgan fingerprint density at radius 1 is 1.24 bits per heavy atom. The summed E-state index contributed by atoms with van der Waals surface area (Å²) >= 11 is 0. The quantitative estimate of drug-likeness (QED) is 0.287. The summed E-state index contributed by atoms with van der Waals surface area (Å²) in [6, 6.07) is 9.30. The van der Waals surface area contributed by atoms with Gasteiger partial charge in [-0.2, -0.15) is 0 Å². The molecule has 5 N–H and O–H groups in total. The van der Waals surface area contributed by atoms with Crippen LogP contribution in [0.25, 0.3) is 5.70 Å². The highest BCUT2D eigenvalue weighted by molar-refractivity contribution is 6.10. The van der Waals surface area contributed by atoms with Crippen molar-refractivity contribution in [3.63, 3.8) is 0 Å². The van der Waals surface area contributed by atoms with Gasteiger partial charge in [0.25, 0.3) is 0 Å². The van der Waals surface area contributed by atoms with Crippen molar-refractivity contribution in [2.24, 2.45) is 11.1 Å². The highest BCUT2D eigenvalue weighted by atomic mass is 19.1. The Morgan fingerprint density at radius 2 is 2.00 bits per heavy atom. The fourth-order valence-electron chi connectivity index (χ4n) is 2.55. The molecule has 0 aliphatic rings. The average Bonchev–Trinajstić information content (AvgIpc) is 3.32. The summed E-state index contributed by atoms with van der Waals surface area (Å²) in [7, 11) is 0. The molecule has 3 rings (SSSR count). The lowest BCUT2D eigenvalue weighted by molar-refractivity contribution is -0.136. The van der Waals surface area contributed by atoms with Crippen LogP contribution in [0.3, 0.4) is 0 Å². The second kappa shape index (κ2) is 9.81. The molecule has 170 valence electrons. The summed E-state index contributed by atoms with van der Waals surface area (Å²) in [6.07, 6.45) is 4.14. The van der Waals surface area contributed by atoms with Crippen molar-refractivity contribution in [2.75, 3.05) is 5.32 Å². The number of amides is 2. The summed E-state index contributed by atoms with van der Waals surface area (Å²) in [5.74, 6) is -1.71. The van der Waals surface area contributed by atoms with Gasteiger partial charge in [-0.15, -0.1) is 0 Å². The third-order valence-electron chi connectivity index (χ3n) is 4.75. The maximum Gasteiger partial charge on any atom is 0.240 e. The van der Waals surface area contributed by atoms with Crippen LogP contribution in [0.4, 0.5) is 10.2 Å². The zero-order chi connectivity index (χ0) is 24.0. The van der Waals surface area contributed by atoms with Crippen molar-refractivity contribution < 1.29 is 18.5 Å². The number of carbonyl (C=O) groups is 2. The van der Waals surface area contributed by atoms with Crippen LogP contribution in [-0.4, -0.2) is 32.7 Å². The monoisotopic (exact) mass is 451 g/mol. The van der Waals surface area contributed by atoms with Gasteiger partial charge in [0.05, 0.1) is 5.70 Å². The molecule has 2 heterocycles. The predicted octanol–water partition coefficient (Wildman–Crippen LogP) is 2.25. The lowest BCUT2D eigenvalue weighted by Gasteiger charge is -2.19. The predicted molar refractivity (Wildman–Crippen MR) is 118 cm³/mol. The van der Waals surface area contributed by atoms with E-state index in [9.17, 15) is 14.0 Å². The third-order valence-corrected chi connectivity index (χ3v) is 4.75. The molecule has 0 spiro atoms. The van der Waals surface area contributed by atoms with Gasteiger partial charge in [-0.25, -0.2) is 14.4 Å². The lowest BCUT2D eigenvalue weighted by Crippen LogP contribution is -2.42. The fourth-order valence-corrected chi connectivity index (χ4v) is 2.55. The van der Waals surface area contributed by atoms with Gasteiger partial charge in [-0.05, 0) is 32.1 Å². The minimum atomic E-state index is -1.45. The summed E-state index contributed by atoms with van der Waals surface area (Å²) < 4.78 is 18.9. The number of aromatic nitrogens is 3. The number of primary amides is 1. The minimum Gasteiger partial charge on any atom is -0.379 e. The molecule has 0 unspecified atom stereocenters. The van der Waals surface area contributed by atoms with Crippen LogP contribution < -0.4 is 16.4 Å². The highest BCUT2D eigenvalue weighted by Crippen LogP contribution is 2.18. The van der Waals surface area contributed by atoms with Gasteiger partial charge in [0, 0.05) is 24.4 Å². The first-order valence-corrected chi connectivity index (χ1v) is 9.81. The number of carbonyl (C=O) groups excluding carboxylic acids is 2. The Bertz CT molecular complexity index is 1210. The first-order valence-electron chi connectivity index (χ1n) is 9.81. The number of benzene rings is 1. The number of anilines is 1. The number of halogens is 1. The zero-order valence-electron chi connectivity index (χ0n) is 17.9. The molecule has 0 saturated carbocycles. The number of nitrogens with two attached hydrogens (primary N) is 1. The van der Waals surface area contributed by atoms with E-state index in [0.717, 1.165) is 0 Å². The second-order valence-electron chi connectivity index (χ2n) is 7.51. The van der Waals surface area contributed by atoms with E-state index in [1.165, 1.54) is 44.5 Å². The first kappa shape index (κ1) is 23.3. The van der Waals surface area contributed by atoms with Crippen molar-refractivity contribution >= 4 is 29.0 Å². The van der Waals surface area contributed by atoms with Gasteiger partial charge in [0.15, 0.2) is 5.82 Å². The molecule has 0 atom stereocenters. The van der Waals surface area contributed by atoms with Gasteiger partial charge < -0.3 is 20.9 Å². The number of hydrogen-bond donors (Lipinski definition) is 4. The van der Waals surface area contributed by atoms with Crippen molar-refractivity contribution in [2.45, 2.75) is 20.4 Å². The topological polar surface area (TPSA) is 160 Å². The van der Waals surface area contributed by atoms with Crippen molar-refractivity contribution in [3.05, 3.63) is 77.8 Å². The van der Waals surface area contributed by atoms with Gasteiger partial charge in [0.2, 0.25) is 11.8 Å². The van der Waals surface area contributed by atoms with E-state index in [4.69, 9.17) is 15.7 Å². The van der Waals surface area contributed by atoms with Crippen LogP contribution in [0.2, 0.25) is 0 Å². The van der Waals surface area contributed by atoms with Crippen LogP contribution in [-0.2, 0) is 16.1 Å². The van der Waals surface area contributed by atoms with E-state index in [0.29, 0.717) is 17.0 Å². The van der Waals surface area contributed by atoms with Gasteiger partial charge in [-0.3, -0.25) is 15.0 Å². The van der Waals surface area contributed by atoms with Crippen LogP contribution in [0.1, 0.15) is 30.9 Å². The van der Waals surface area contributed by atoms with E-state index in [2.05, 4.69) is 25.8 Å². The Balaban J connectivity index is 1.82. The first-order chi connectivity index (χ1) is 15.7. The lowest BCUT2D eigenvalue weighted by atomic mass is 9.91. The molecule has 2 amide bonds. The van der Waals surface area contributed by atoms with Crippen LogP contribution in [0, 0.1) is 16.6 Å². The molecule has 10 nitrogen and oxygen atoms in total. The highest BCUT2D eigenvalue weighted by Gasteiger charge is 2.34. The maximum absolute atomic E-state index is 14.0. The molecular formula is C22H22FN7O3. The summed E-state index contributed by atoms with van der Waals surface area (Å²) in [6.45, 7) is 2.92. The molecule has 0 bridgehead atoms. The van der Waals surface area contributed by atoms with Crippen LogP contribution in [0.15, 0.2) is 59.5 Å². The average molecular weight is 451 g/mol. The Labute approximate surface area is 188 Å². The van der Waals surface area contributed by atoms with Gasteiger partial charge in [-0.1, -0.05) is 23.4 Å². The Morgan fingerprint density at radius 3 is 2.67 bits per heavy atom. The standard InChI is InChI=1S/C22H22FN7O3/c1-22(2,20(25)31)21(32)29-18-7-9-26-19(28-18)15(24)11-17(16-8-10-33-30-16)27-12-13-5-3-4-6-14(13)23/h3-11,24,27H,12H2,1-2H3,(H2,25,31)(H,26,28,29,32)/b17-11-,24-15?. The summed E-state index contributed by atoms with van der Waals surface area (Å²) in [5, 5.41) is 17.8. The van der Waals surface area contributed by atoms with E-state index in [-0.39, 0.29) is 29.7 Å². The van der Waals surface area contributed by atoms with E-state index in [1.54, 1.807) is 24.3 Å². The van der Waals surface area contributed by atoms with E-state index in [1.807, 2.05) is 0 Å². The molecule has 0 radical (unpaired) electrons. The minimum absolute atomic E-state index is 0.00151. The molecule has 0 aliphatic heterocycles. The van der Waals surface area contributed by atoms with Crippen molar-refractivity contribution in [1.82, 2.24) is 20.4 Å². The molecule has 33 heavy (non-hydrogen) atoms. The van der Waals surface area contributed by atoms with E-state index >= 15 is 0 Å². The summed E-state index contributed by atoms with van der Waals surface area (Å²) in [5.41, 5.74) is 4.90. The van der Waals surface area contributed by atoms with Gasteiger partial charge >= 0.3 is 0 Å². The third kappa shape index (κ3) is 5.64. The number of rotatable bonds is 9. The zero-order valence-corrected chi connectivity index (χ0v) is 17.9. The van der Waals surface area contributed by atoms with E-state index < -0.39 is 17.2 Å². The smallest absolute Gasteiger partial charge is 0.240 e. The van der Waals surface area contributed by atoms with Gasteiger partial charge in [0.1, 0.15) is 34.7 Å². The fraction of sp³-hybridized carbons (Fsp3) is 0.182. The number of nitrogens with zero attached hydrogens (tertiary/aromatic N) is 3. The van der Waals surface area contributed by atoms with Crippen molar-refractivity contribution in [3.8, 4) is 0 Å². The van der Waals surface area contributed by atoms with Crippen LogP contribution >= 0.6 is 0 Å². The SMILES string of the molecule is CC(C)(C(N)=O)C(=O)Nc1ccnc(C(=N)/C=C(\NCc2ccccc2F)c2ccon2)n1. The summed E-state index contributed by atoms with van der Waals surface area (Å²) in [4.78, 5) is 32.0. The van der Waals surface area contributed by atoms with Crippen LogP contribution in [0.5, 0.6) is 0 Å². The molecule has 0 saturated heterocycles. The Kier molecular flexibility index (Phi) is 6.91.